The maximum Gasteiger partial charge on any atom is 0.230 e. The van der Waals surface area contributed by atoms with Gasteiger partial charge in [0.1, 0.15) is 0 Å². The standard InChI is InChI=1S/C19H28N2OS/c1-2-18(16-7-4-3-5-8-16)19(22)21-11-6-10-20(12-13-21)17-9-14-23-15-17/h3-5,7-8,17-18H,2,6,9-15H2,1H3. The van der Waals surface area contributed by atoms with E-state index in [2.05, 4.69) is 40.6 Å². The first-order valence-electron chi connectivity index (χ1n) is 8.95. The highest BCUT2D eigenvalue weighted by molar-refractivity contribution is 7.99. The first kappa shape index (κ1) is 16.8. The average Bonchev–Trinajstić information content (AvgIpc) is 3.01. The molecule has 1 amide bonds. The number of amides is 1. The molecule has 2 heterocycles. The minimum atomic E-state index is 0.0183. The Labute approximate surface area is 144 Å². The van der Waals surface area contributed by atoms with Crippen LogP contribution in [0.5, 0.6) is 0 Å². The fourth-order valence-electron chi connectivity index (χ4n) is 3.79. The van der Waals surface area contributed by atoms with Crippen molar-refractivity contribution in [2.24, 2.45) is 0 Å². The zero-order chi connectivity index (χ0) is 16.1. The van der Waals surface area contributed by atoms with E-state index in [1.165, 1.54) is 17.9 Å². The van der Waals surface area contributed by atoms with Crippen molar-refractivity contribution in [3.63, 3.8) is 0 Å². The van der Waals surface area contributed by atoms with Gasteiger partial charge in [-0.3, -0.25) is 9.69 Å². The van der Waals surface area contributed by atoms with E-state index in [0.717, 1.165) is 50.6 Å². The number of hydrogen-bond acceptors (Lipinski definition) is 3. The summed E-state index contributed by atoms with van der Waals surface area (Å²) >= 11 is 2.07. The van der Waals surface area contributed by atoms with Gasteiger partial charge in [0.05, 0.1) is 5.92 Å². The van der Waals surface area contributed by atoms with E-state index < -0.39 is 0 Å². The fourth-order valence-corrected chi connectivity index (χ4v) is 5.05. The summed E-state index contributed by atoms with van der Waals surface area (Å²) in [7, 11) is 0. The Morgan fingerprint density at radius 1 is 1.22 bits per heavy atom. The summed E-state index contributed by atoms with van der Waals surface area (Å²) in [5.41, 5.74) is 1.16. The van der Waals surface area contributed by atoms with Crippen LogP contribution in [-0.4, -0.2) is 59.4 Å². The number of carbonyl (C=O) groups excluding carboxylic acids is 1. The Bertz CT molecular complexity index is 501. The fraction of sp³-hybridized carbons (Fsp3) is 0.632. The zero-order valence-electron chi connectivity index (χ0n) is 14.1. The Hall–Kier alpha value is -1.00. The summed E-state index contributed by atoms with van der Waals surface area (Å²) in [5, 5.41) is 0. The van der Waals surface area contributed by atoms with Crippen LogP contribution in [0.15, 0.2) is 30.3 Å². The van der Waals surface area contributed by atoms with Crippen molar-refractivity contribution in [3.05, 3.63) is 35.9 Å². The molecule has 2 aliphatic heterocycles. The molecule has 0 aromatic heterocycles. The molecule has 0 spiro atoms. The lowest BCUT2D eigenvalue weighted by Crippen LogP contribution is -2.40. The monoisotopic (exact) mass is 332 g/mol. The van der Waals surface area contributed by atoms with Crippen LogP contribution in [0, 0.1) is 0 Å². The second-order valence-electron chi connectivity index (χ2n) is 6.60. The molecule has 0 radical (unpaired) electrons. The van der Waals surface area contributed by atoms with Crippen LogP contribution in [-0.2, 0) is 4.79 Å². The first-order chi connectivity index (χ1) is 11.3. The van der Waals surface area contributed by atoms with Crippen molar-refractivity contribution in [1.29, 1.82) is 0 Å². The average molecular weight is 333 g/mol. The smallest absolute Gasteiger partial charge is 0.230 e. The molecule has 2 unspecified atom stereocenters. The Balaban J connectivity index is 1.62. The Morgan fingerprint density at radius 3 is 2.74 bits per heavy atom. The van der Waals surface area contributed by atoms with Crippen molar-refractivity contribution in [2.75, 3.05) is 37.7 Å². The Kier molecular flexibility index (Phi) is 6.01. The van der Waals surface area contributed by atoms with Crippen molar-refractivity contribution in [3.8, 4) is 0 Å². The van der Waals surface area contributed by atoms with Crippen LogP contribution in [0.3, 0.4) is 0 Å². The molecule has 4 heteroatoms. The number of thioether (sulfide) groups is 1. The molecule has 2 fully saturated rings. The second-order valence-corrected chi connectivity index (χ2v) is 7.75. The topological polar surface area (TPSA) is 23.6 Å². The van der Waals surface area contributed by atoms with Crippen molar-refractivity contribution in [2.45, 2.75) is 38.1 Å². The van der Waals surface area contributed by atoms with Crippen LogP contribution < -0.4 is 0 Å². The van der Waals surface area contributed by atoms with E-state index in [1.807, 2.05) is 18.2 Å². The zero-order valence-corrected chi connectivity index (χ0v) is 14.9. The van der Waals surface area contributed by atoms with Gasteiger partial charge in [-0.15, -0.1) is 0 Å². The summed E-state index contributed by atoms with van der Waals surface area (Å²) in [6.07, 6.45) is 3.31. The molecule has 0 N–H and O–H groups in total. The van der Waals surface area contributed by atoms with E-state index in [1.54, 1.807) is 0 Å². The molecule has 2 saturated heterocycles. The highest BCUT2D eigenvalue weighted by Crippen LogP contribution is 2.25. The molecule has 0 bridgehead atoms. The van der Waals surface area contributed by atoms with Crippen molar-refractivity contribution in [1.82, 2.24) is 9.80 Å². The second kappa shape index (κ2) is 8.20. The molecule has 3 nitrogen and oxygen atoms in total. The van der Waals surface area contributed by atoms with Gasteiger partial charge in [0.25, 0.3) is 0 Å². The summed E-state index contributed by atoms with van der Waals surface area (Å²) in [6, 6.07) is 11.0. The lowest BCUT2D eigenvalue weighted by molar-refractivity contribution is -0.132. The molecule has 0 aliphatic carbocycles. The Morgan fingerprint density at radius 2 is 2.04 bits per heavy atom. The van der Waals surface area contributed by atoms with E-state index in [4.69, 9.17) is 0 Å². The van der Waals surface area contributed by atoms with Crippen molar-refractivity contribution < 1.29 is 4.79 Å². The molecular formula is C19H28N2OS. The number of carbonyl (C=O) groups is 1. The predicted molar refractivity (Wildman–Crippen MR) is 98.0 cm³/mol. The van der Waals surface area contributed by atoms with E-state index in [9.17, 15) is 4.79 Å². The first-order valence-corrected chi connectivity index (χ1v) is 10.1. The van der Waals surface area contributed by atoms with Gasteiger partial charge in [-0.25, -0.2) is 0 Å². The predicted octanol–water partition coefficient (Wildman–Crippen LogP) is 3.22. The third-order valence-corrected chi connectivity index (χ3v) is 6.32. The number of rotatable bonds is 4. The van der Waals surface area contributed by atoms with Gasteiger partial charge in [0.15, 0.2) is 0 Å². The maximum absolute atomic E-state index is 13.0. The maximum atomic E-state index is 13.0. The molecule has 1 aromatic carbocycles. The number of benzene rings is 1. The third-order valence-electron chi connectivity index (χ3n) is 5.17. The summed E-state index contributed by atoms with van der Waals surface area (Å²) in [4.78, 5) is 17.7. The highest BCUT2D eigenvalue weighted by Gasteiger charge is 2.29. The van der Waals surface area contributed by atoms with Gasteiger partial charge in [-0.05, 0) is 30.6 Å². The lowest BCUT2D eigenvalue weighted by Gasteiger charge is -2.28. The highest BCUT2D eigenvalue weighted by atomic mass is 32.2. The van der Waals surface area contributed by atoms with E-state index in [-0.39, 0.29) is 5.92 Å². The number of hydrogen-bond donors (Lipinski definition) is 0. The quantitative estimate of drug-likeness (QED) is 0.846. The molecule has 2 atom stereocenters. The molecule has 2 aliphatic rings. The van der Waals surface area contributed by atoms with Gasteiger partial charge in [-0.2, -0.15) is 11.8 Å². The summed E-state index contributed by atoms with van der Waals surface area (Å²) < 4.78 is 0. The normalized spacial score (nSPS) is 24.4. The molecule has 0 saturated carbocycles. The SMILES string of the molecule is CCC(C(=O)N1CCCN(C2CCSC2)CC1)c1ccccc1. The molecule has 3 rings (SSSR count). The van der Waals surface area contributed by atoms with Gasteiger partial charge < -0.3 is 4.90 Å². The van der Waals surface area contributed by atoms with Gasteiger partial charge >= 0.3 is 0 Å². The van der Waals surface area contributed by atoms with Crippen molar-refractivity contribution >= 4 is 17.7 Å². The third kappa shape index (κ3) is 4.10. The van der Waals surface area contributed by atoms with Gasteiger partial charge in [-0.1, -0.05) is 37.3 Å². The van der Waals surface area contributed by atoms with Crippen LogP contribution >= 0.6 is 11.8 Å². The minimum absolute atomic E-state index is 0.0183. The molecule has 126 valence electrons. The molecular weight excluding hydrogens is 304 g/mol. The van der Waals surface area contributed by atoms with Crippen LogP contribution in [0.25, 0.3) is 0 Å². The summed E-state index contributed by atoms with van der Waals surface area (Å²) in [5.74, 6) is 2.91. The minimum Gasteiger partial charge on any atom is -0.341 e. The largest absolute Gasteiger partial charge is 0.341 e. The van der Waals surface area contributed by atoms with Crippen LogP contribution in [0.2, 0.25) is 0 Å². The molecule has 1 aromatic rings. The van der Waals surface area contributed by atoms with Crippen LogP contribution in [0.4, 0.5) is 0 Å². The molecule has 23 heavy (non-hydrogen) atoms. The van der Waals surface area contributed by atoms with E-state index >= 15 is 0 Å². The van der Waals surface area contributed by atoms with Gasteiger partial charge in [0.2, 0.25) is 5.91 Å². The lowest BCUT2D eigenvalue weighted by atomic mass is 9.95. The van der Waals surface area contributed by atoms with Gasteiger partial charge in [0, 0.05) is 38.0 Å². The van der Waals surface area contributed by atoms with Crippen LogP contribution in [0.1, 0.15) is 37.7 Å². The van der Waals surface area contributed by atoms with E-state index in [0.29, 0.717) is 5.91 Å². The number of nitrogens with zero attached hydrogens (tertiary/aromatic N) is 2. The summed E-state index contributed by atoms with van der Waals surface area (Å²) in [6.45, 7) is 6.12.